The zero-order valence-electron chi connectivity index (χ0n) is 27.8. The Hall–Kier alpha value is -3.74. The molecule has 252 valence electrons. The Balaban J connectivity index is 1.38. The molecule has 2 aliphatic carbocycles. The van der Waals surface area contributed by atoms with Gasteiger partial charge in [-0.3, -0.25) is 19.1 Å². The molecule has 0 radical (unpaired) electrons. The van der Waals surface area contributed by atoms with E-state index in [0.717, 1.165) is 40.6 Å². The smallest absolute Gasteiger partial charge is 0.312 e. The summed E-state index contributed by atoms with van der Waals surface area (Å²) in [6.45, 7) is 3.24. The second kappa shape index (κ2) is 13.4. The summed E-state index contributed by atoms with van der Waals surface area (Å²) < 4.78 is 29.4. The number of nitrogens with one attached hydrogen (secondary N) is 2. The summed E-state index contributed by atoms with van der Waals surface area (Å²) >= 11 is -1.67. The molecule has 3 aromatic rings. The number of hydrogen-bond acceptors (Lipinski definition) is 6. The molecule has 47 heavy (non-hydrogen) atoms. The van der Waals surface area contributed by atoms with Crippen LogP contribution in [0.2, 0.25) is 0 Å². The van der Waals surface area contributed by atoms with Gasteiger partial charge in [-0.1, -0.05) is 31.4 Å². The number of carbonyl (C=O) groups excluding carboxylic acids is 3. The molecular weight excluding hydrogens is 618 g/mol. The third-order valence-electron chi connectivity index (χ3n) is 10.1. The normalized spacial score (nSPS) is 22.2. The lowest BCUT2D eigenvalue weighted by atomic mass is 9.84. The molecule has 1 aromatic heterocycles. The van der Waals surface area contributed by atoms with Crippen LogP contribution >= 0.6 is 0 Å². The fraction of sp³-hybridized carbons (Fsp3) is 0.514. The number of rotatable bonds is 10. The first-order valence-corrected chi connectivity index (χ1v) is 17.5. The van der Waals surface area contributed by atoms with Crippen molar-refractivity contribution in [1.29, 1.82) is 0 Å². The standard InChI is InChI=1S/C35H45N5O6S/c1-22-11-13-25(45-4)16-28(22)30-17-35(30,36-33(42)34(43)39-18-26(19-39)46-5)21-40-20-29(23-9-7-6-8-10-23)27-14-12-24(15-31(27)40)32(41)37-47(44)38(2)3/h11-16,20,23,26,30H,6-10,17-19,21H2,1-5H3,(H,36,42)(H,37,41). The fourth-order valence-electron chi connectivity index (χ4n) is 7.23. The average molecular weight is 664 g/mol. The van der Waals surface area contributed by atoms with Gasteiger partial charge in [0.25, 0.3) is 5.91 Å². The Labute approximate surface area is 278 Å². The maximum absolute atomic E-state index is 13.6. The van der Waals surface area contributed by atoms with Crippen LogP contribution in [0.5, 0.6) is 5.75 Å². The molecule has 2 N–H and O–H groups in total. The van der Waals surface area contributed by atoms with Gasteiger partial charge in [-0.2, -0.15) is 0 Å². The molecule has 0 bridgehead atoms. The summed E-state index contributed by atoms with van der Waals surface area (Å²) in [5.41, 5.74) is 3.91. The number of aryl methyl sites for hydroxylation is 1. The number of likely N-dealkylation sites (tertiary alicyclic amines) is 1. The molecule has 1 saturated heterocycles. The first kappa shape index (κ1) is 33.2. The number of hydrogen-bond donors (Lipinski definition) is 2. The Kier molecular flexibility index (Phi) is 9.46. The average Bonchev–Trinajstić information content (AvgIpc) is 3.62. The summed E-state index contributed by atoms with van der Waals surface area (Å²) in [6, 6.07) is 11.6. The van der Waals surface area contributed by atoms with Crippen LogP contribution in [0.15, 0.2) is 42.6 Å². The van der Waals surface area contributed by atoms with E-state index >= 15 is 0 Å². The molecule has 2 aromatic carbocycles. The first-order chi connectivity index (χ1) is 22.5. The quantitative estimate of drug-likeness (QED) is 0.319. The zero-order valence-corrected chi connectivity index (χ0v) is 28.7. The van der Waals surface area contributed by atoms with E-state index in [2.05, 4.69) is 20.8 Å². The molecule has 12 heteroatoms. The monoisotopic (exact) mass is 663 g/mol. The number of ether oxygens (including phenoxy) is 2. The highest BCUT2D eigenvalue weighted by Gasteiger charge is 2.57. The lowest BCUT2D eigenvalue weighted by Gasteiger charge is -2.37. The van der Waals surface area contributed by atoms with Crippen LogP contribution in [0.25, 0.3) is 10.9 Å². The summed E-state index contributed by atoms with van der Waals surface area (Å²) in [5, 5.41) is 4.25. The van der Waals surface area contributed by atoms with Gasteiger partial charge in [0.15, 0.2) is 11.2 Å². The molecule has 1 aliphatic heterocycles. The topological polar surface area (TPSA) is 122 Å². The van der Waals surface area contributed by atoms with Gasteiger partial charge in [0.1, 0.15) is 5.75 Å². The van der Waals surface area contributed by atoms with Crippen LogP contribution in [0.1, 0.15) is 77.4 Å². The Morgan fingerprint density at radius 1 is 1.02 bits per heavy atom. The number of benzene rings is 2. The lowest BCUT2D eigenvalue weighted by Crippen LogP contribution is -2.59. The predicted molar refractivity (Wildman–Crippen MR) is 180 cm³/mol. The van der Waals surface area contributed by atoms with E-state index in [1.54, 1.807) is 34.4 Å². The number of fused-ring (bicyclic) bond motifs is 1. The number of carbonyl (C=O) groups is 3. The van der Waals surface area contributed by atoms with Crippen LogP contribution in [-0.4, -0.2) is 88.8 Å². The molecule has 6 rings (SSSR count). The van der Waals surface area contributed by atoms with Crippen LogP contribution in [0, 0.1) is 6.92 Å². The largest absolute Gasteiger partial charge is 0.497 e. The van der Waals surface area contributed by atoms with Gasteiger partial charge in [-0.05, 0) is 73.1 Å². The molecule has 3 atom stereocenters. The third kappa shape index (κ3) is 6.68. The second-order valence-electron chi connectivity index (χ2n) is 13.4. The van der Waals surface area contributed by atoms with Crippen LogP contribution < -0.4 is 14.8 Å². The van der Waals surface area contributed by atoms with Crippen molar-refractivity contribution in [3.63, 3.8) is 0 Å². The predicted octanol–water partition coefficient (Wildman–Crippen LogP) is 3.78. The van der Waals surface area contributed by atoms with Crippen LogP contribution in [-0.2, 0) is 32.0 Å². The molecular formula is C35H45N5O6S. The second-order valence-corrected chi connectivity index (χ2v) is 14.9. The lowest BCUT2D eigenvalue weighted by molar-refractivity contribution is -0.154. The minimum atomic E-state index is -1.67. The van der Waals surface area contributed by atoms with Crippen molar-refractivity contribution in [2.45, 2.75) is 75.5 Å². The summed E-state index contributed by atoms with van der Waals surface area (Å²) in [7, 11) is 6.50. The maximum Gasteiger partial charge on any atom is 0.312 e. The molecule has 3 amide bonds. The Morgan fingerprint density at radius 2 is 1.77 bits per heavy atom. The van der Waals surface area contributed by atoms with Crippen LogP contribution in [0.3, 0.4) is 0 Å². The van der Waals surface area contributed by atoms with Crippen molar-refractivity contribution < 1.29 is 28.1 Å². The van der Waals surface area contributed by atoms with Crippen molar-refractivity contribution in [3.8, 4) is 5.75 Å². The van der Waals surface area contributed by atoms with Gasteiger partial charge in [0.2, 0.25) is 0 Å². The van der Waals surface area contributed by atoms with E-state index < -0.39 is 34.4 Å². The van der Waals surface area contributed by atoms with Gasteiger partial charge in [0.05, 0.1) is 18.8 Å². The highest BCUT2D eigenvalue weighted by molar-refractivity contribution is 7.81. The number of methoxy groups -OCH3 is 2. The van der Waals surface area contributed by atoms with Gasteiger partial charge in [-0.25, -0.2) is 8.51 Å². The van der Waals surface area contributed by atoms with E-state index in [9.17, 15) is 18.6 Å². The van der Waals surface area contributed by atoms with Gasteiger partial charge >= 0.3 is 11.8 Å². The molecule has 2 heterocycles. The Bertz CT molecular complexity index is 1710. The zero-order chi connectivity index (χ0) is 33.5. The third-order valence-corrected chi connectivity index (χ3v) is 11.2. The van der Waals surface area contributed by atoms with Crippen molar-refractivity contribution in [1.82, 2.24) is 23.8 Å². The van der Waals surface area contributed by atoms with E-state index in [-0.39, 0.29) is 12.0 Å². The number of aromatic nitrogens is 1. The molecule has 2 saturated carbocycles. The van der Waals surface area contributed by atoms with Crippen molar-refractivity contribution in [2.24, 2.45) is 0 Å². The molecule has 3 aliphatic rings. The SMILES string of the molecule is COc1ccc(C)c(C2CC2(Cn2cc(C3CCCCC3)c3ccc(C(=O)NS(=O)N(C)C)cc32)NC(=O)C(=O)N2CC(OC)C2)c1. The molecule has 11 nitrogen and oxygen atoms in total. The summed E-state index contributed by atoms with van der Waals surface area (Å²) in [5.74, 6) is -0.536. The Morgan fingerprint density at radius 3 is 2.45 bits per heavy atom. The number of amides is 3. The number of nitrogens with zero attached hydrogens (tertiary/aromatic N) is 3. The fourth-order valence-corrected chi connectivity index (χ4v) is 7.69. The minimum Gasteiger partial charge on any atom is -0.497 e. The summed E-state index contributed by atoms with van der Waals surface area (Å²) in [6.07, 6.45) is 8.55. The molecule has 3 unspecified atom stereocenters. The van der Waals surface area contributed by atoms with E-state index in [0.29, 0.717) is 37.5 Å². The molecule has 0 spiro atoms. The first-order valence-electron chi connectivity index (χ1n) is 16.3. The van der Waals surface area contributed by atoms with Crippen LogP contribution in [0.4, 0.5) is 0 Å². The highest BCUT2D eigenvalue weighted by atomic mass is 32.2. The summed E-state index contributed by atoms with van der Waals surface area (Å²) in [4.78, 5) is 41.4. The van der Waals surface area contributed by atoms with Crippen molar-refractivity contribution in [2.75, 3.05) is 41.4 Å². The maximum atomic E-state index is 13.6. The molecule has 3 fully saturated rings. The van der Waals surface area contributed by atoms with Crippen molar-refractivity contribution >= 4 is 39.8 Å². The van der Waals surface area contributed by atoms with E-state index in [1.807, 2.05) is 37.3 Å². The van der Waals surface area contributed by atoms with Gasteiger partial charge in [-0.15, -0.1) is 0 Å². The van der Waals surface area contributed by atoms with Crippen molar-refractivity contribution in [3.05, 3.63) is 64.8 Å². The van der Waals surface area contributed by atoms with E-state index in [1.165, 1.54) is 34.0 Å². The van der Waals surface area contributed by atoms with E-state index in [4.69, 9.17) is 9.47 Å². The van der Waals surface area contributed by atoms with Gasteiger partial charge < -0.3 is 24.3 Å². The van der Waals surface area contributed by atoms with Gasteiger partial charge in [0, 0.05) is 69.4 Å². The highest BCUT2D eigenvalue weighted by Crippen LogP contribution is 2.54. The minimum absolute atomic E-state index is 0.0537.